The fourth-order valence-electron chi connectivity index (χ4n) is 3.41. The van der Waals surface area contributed by atoms with E-state index < -0.39 is 0 Å². The highest BCUT2D eigenvalue weighted by Gasteiger charge is 2.41. The summed E-state index contributed by atoms with van der Waals surface area (Å²) < 4.78 is 8.23. The zero-order valence-electron chi connectivity index (χ0n) is 12.5. The van der Waals surface area contributed by atoms with Crippen molar-refractivity contribution >= 4 is 0 Å². The van der Waals surface area contributed by atoms with Crippen LogP contribution in [0, 0.1) is 0 Å². The third-order valence-electron chi connectivity index (χ3n) is 4.52. The molecule has 1 fully saturated rings. The van der Waals surface area contributed by atoms with Crippen molar-refractivity contribution in [3.8, 4) is 0 Å². The van der Waals surface area contributed by atoms with Crippen molar-refractivity contribution < 1.29 is 4.74 Å². The average molecular weight is 265 g/mol. The number of hydrogen-bond acceptors (Lipinski definition) is 3. The van der Waals surface area contributed by atoms with Crippen LogP contribution in [0.5, 0.6) is 0 Å². The number of imidazole rings is 1. The Morgan fingerprint density at radius 1 is 1.37 bits per heavy atom. The number of nitrogens with one attached hydrogen (secondary N) is 1. The quantitative estimate of drug-likeness (QED) is 0.832. The fraction of sp³-hybridized carbons (Fsp3) is 0.800. The van der Waals surface area contributed by atoms with Crippen molar-refractivity contribution in [3.63, 3.8) is 0 Å². The maximum atomic E-state index is 6.02. The van der Waals surface area contributed by atoms with Gasteiger partial charge in [0.25, 0.3) is 0 Å². The molecule has 2 rings (SSSR count). The van der Waals surface area contributed by atoms with Gasteiger partial charge in [-0.3, -0.25) is 0 Å². The van der Waals surface area contributed by atoms with E-state index >= 15 is 0 Å². The van der Waals surface area contributed by atoms with E-state index in [1.54, 1.807) is 0 Å². The first-order chi connectivity index (χ1) is 9.27. The molecule has 1 unspecified atom stereocenters. The zero-order valence-corrected chi connectivity index (χ0v) is 12.5. The first-order valence-electron chi connectivity index (χ1n) is 7.51. The van der Waals surface area contributed by atoms with Crippen LogP contribution in [0.3, 0.4) is 0 Å². The molecule has 1 aromatic heterocycles. The van der Waals surface area contributed by atoms with Crippen LogP contribution in [0.2, 0.25) is 0 Å². The van der Waals surface area contributed by atoms with Crippen molar-refractivity contribution in [1.29, 1.82) is 0 Å². The van der Waals surface area contributed by atoms with Gasteiger partial charge in [-0.1, -0.05) is 25.7 Å². The molecule has 0 spiro atoms. The number of likely N-dealkylation sites (N-methyl/N-ethyl adjacent to an activating group) is 1. The fourth-order valence-corrected chi connectivity index (χ4v) is 3.41. The van der Waals surface area contributed by atoms with E-state index in [1.165, 1.54) is 25.7 Å². The van der Waals surface area contributed by atoms with E-state index in [0.717, 1.165) is 25.2 Å². The minimum atomic E-state index is -0.108. The van der Waals surface area contributed by atoms with Gasteiger partial charge in [-0.25, -0.2) is 4.98 Å². The highest BCUT2D eigenvalue weighted by atomic mass is 16.5. The summed E-state index contributed by atoms with van der Waals surface area (Å²) in [4.78, 5) is 4.58. The predicted octanol–water partition coefficient (Wildman–Crippen LogP) is 2.90. The number of methoxy groups -OCH3 is 1. The first-order valence-corrected chi connectivity index (χ1v) is 7.51. The molecule has 0 radical (unpaired) electrons. The van der Waals surface area contributed by atoms with Gasteiger partial charge in [-0.2, -0.15) is 0 Å². The molecular formula is C15H27N3O. The van der Waals surface area contributed by atoms with Crippen LogP contribution in [-0.4, -0.2) is 29.3 Å². The molecule has 4 heteroatoms. The summed E-state index contributed by atoms with van der Waals surface area (Å²) in [5.41, 5.74) is -0.108. The van der Waals surface area contributed by atoms with Gasteiger partial charge in [0, 0.05) is 26.0 Å². The van der Waals surface area contributed by atoms with Crippen molar-refractivity contribution in [1.82, 2.24) is 14.9 Å². The maximum absolute atomic E-state index is 6.02. The summed E-state index contributed by atoms with van der Waals surface area (Å²) in [7, 11) is 3.87. The van der Waals surface area contributed by atoms with Crippen LogP contribution < -0.4 is 5.32 Å². The molecule has 0 saturated heterocycles. The molecule has 1 aromatic rings. The van der Waals surface area contributed by atoms with Gasteiger partial charge >= 0.3 is 0 Å². The van der Waals surface area contributed by atoms with E-state index in [4.69, 9.17) is 4.74 Å². The Bertz CT molecular complexity index is 380. The largest absolute Gasteiger partial charge is 0.376 e. The number of aromatic nitrogens is 2. The van der Waals surface area contributed by atoms with Crippen LogP contribution in [0.4, 0.5) is 0 Å². The van der Waals surface area contributed by atoms with Gasteiger partial charge in [-0.15, -0.1) is 0 Å². The van der Waals surface area contributed by atoms with E-state index in [0.29, 0.717) is 0 Å². The summed E-state index contributed by atoms with van der Waals surface area (Å²) in [6, 6.07) is 0.172. The second-order valence-corrected chi connectivity index (χ2v) is 5.48. The lowest BCUT2D eigenvalue weighted by Gasteiger charge is -2.38. The Labute approximate surface area is 116 Å². The Morgan fingerprint density at radius 2 is 2.05 bits per heavy atom. The van der Waals surface area contributed by atoms with E-state index in [9.17, 15) is 0 Å². The van der Waals surface area contributed by atoms with Crippen molar-refractivity contribution in [3.05, 3.63) is 18.2 Å². The van der Waals surface area contributed by atoms with Crippen LogP contribution in [-0.2, 0) is 11.3 Å². The Morgan fingerprint density at radius 3 is 2.58 bits per heavy atom. The summed E-state index contributed by atoms with van der Waals surface area (Å²) in [6.07, 6.45) is 11.3. The van der Waals surface area contributed by atoms with Gasteiger partial charge in [0.1, 0.15) is 5.82 Å². The lowest BCUT2D eigenvalue weighted by atomic mass is 9.85. The molecule has 0 aliphatic heterocycles. The van der Waals surface area contributed by atoms with Gasteiger partial charge in [0.2, 0.25) is 0 Å². The lowest BCUT2D eigenvalue weighted by molar-refractivity contribution is -0.0551. The molecule has 108 valence electrons. The third kappa shape index (κ3) is 2.84. The van der Waals surface area contributed by atoms with E-state index in [2.05, 4.69) is 28.0 Å². The van der Waals surface area contributed by atoms with Crippen LogP contribution in [0.25, 0.3) is 0 Å². The Hall–Kier alpha value is -0.870. The molecule has 0 amide bonds. The summed E-state index contributed by atoms with van der Waals surface area (Å²) in [6.45, 7) is 3.11. The molecule has 1 aliphatic carbocycles. The molecular weight excluding hydrogens is 238 g/mol. The molecule has 0 aromatic carbocycles. The topological polar surface area (TPSA) is 39.1 Å². The molecule has 0 bridgehead atoms. The monoisotopic (exact) mass is 265 g/mol. The zero-order chi connectivity index (χ0) is 13.7. The number of ether oxygens (including phenoxy) is 1. The summed E-state index contributed by atoms with van der Waals surface area (Å²) in [5, 5.41) is 3.46. The molecule has 19 heavy (non-hydrogen) atoms. The Kier molecular flexibility index (Phi) is 4.99. The summed E-state index contributed by atoms with van der Waals surface area (Å²) >= 11 is 0. The molecule has 1 aliphatic rings. The number of rotatable bonds is 5. The third-order valence-corrected chi connectivity index (χ3v) is 4.52. The normalized spacial score (nSPS) is 21.0. The molecule has 1 atom stereocenters. The predicted molar refractivity (Wildman–Crippen MR) is 77.1 cm³/mol. The molecule has 1 N–H and O–H groups in total. The van der Waals surface area contributed by atoms with Crippen LogP contribution in [0.15, 0.2) is 12.4 Å². The van der Waals surface area contributed by atoms with Crippen LogP contribution >= 0.6 is 0 Å². The van der Waals surface area contributed by atoms with Gasteiger partial charge < -0.3 is 14.6 Å². The lowest BCUT2D eigenvalue weighted by Crippen LogP contribution is -2.45. The number of aryl methyl sites for hydroxylation is 1. The molecule has 4 nitrogen and oxygen atoms in total. The average Bonchev–Trinajstić information content (AvgIpc) is 2.77. The smallest absolute Gasteiger partial charge is 0.128 e. The van der Waals surface area contributed by atoms with Crippen molar-refractivity contribution in [2.24, 2.45) is 0 Å². The van der Waals surface area contributed by atoms with Gasteiger partial charge in [0.05, 0.1) is 11.6 Å². The van der Waals surface area contributed by atoms with Crippen LogP contribution in [0.1, 0.15) is 57.3 Å². The van der Waals surface area contributed by atoms with E-state index in [-0.39, 0.29) is 11.6 Å². The first kappa shape index (κ1) is 14.5. The molecule has 1 heterocycles. The highest BCUT2D eigenvalue weighted by Crippen LogP contribution is 2.39. The van der Waals surface area contributed by atoms with Crippen molar-refractivity contribution in [2.45, 2.75) is 63.6 Å². The highest BCUT2D eigenvalue weighted by molar-refractivity contribution is 5.08. The standard InChI is InChI=1S/C15H27N3O/c1-4-18-12-11-17-14(18)13(16-2)15(19-3)9-7-5-6-8-10-15/h11-13,16H,4-10H2,1-3H3. The Balaban J connectivity index is 2.32. The second-order valence-electron chi connectivity index (χ2n) is 5.48. The minimum absolute atomic E-state index is 0.108. The minimum Gasteiger partial charge on any atom is -0.376 e. The molecule has 1 saturated carbocycles. The maximum Gasteiger partial charge on any atom is 0.128 e. The summed E-state index contributed by atoms with van der Waals surface area (Å²) in [5.74, 6) is 1.11. The number of hydrogen-bond donors (Lipinski definition) is 1. The SMILES string of the molecule is CCn1ccnc1C(NC)C1(OC)CCCCCC1. The van der Waals surface area contributed by atoms with Gasteiger partial charge in [0.15, 0.2) is 0 Å². The second kappa shape index (κ2) is 6.53. The number of nitrogens with zero attached hydrogens (tertiary/aromatic N) is 2. The van der Waals surface area contributed by atoms with E-state index in [1.807, 2.05) is 20.4 Å². The van der Waals surface area contributed by atoms with Gasteiger partial charge in [-0.05, 0) is 26.8 Å². The van der Waals surface area contributed by atoms with Crippen molar-refractivity contribution in [2.75, 3.05) is 14.2 Å².